The van der Waals surface area contributed by atoms with Gasteiger partial charge in [-0.05, 0) is 19.1 Å². The molecule has 15 heavy (non-hydrogen) atoms. The largest absolute Gasteiger partial charge is 0.395 e. The fourth-order valence-corrected chi connectivity index (χ4v) is 2.13. The number of ether oxygens (including phenoxy) is 1. The minimum Gasteiger partial charge on any atom is -0.395 e. The molecule has 0 aliphatic carbocycles. The second kappa shape index (κ2) is 8.39. The number of thioether (sulfide) groups is 1. The van der Waals surface area contributed by atoms with E-state index in [1.54, 1.807) is 18.9 Å². The fourth-order valence-electron chi connectivity index (χ4n) is 1.49. The Labute approximate surface area is 98.0 Å². The van der Waals surface area contributed by atoms with Crippen molar-refractivity contribution in [3.63, 3.8) is 0 Å². The summed E-state index contributed by atoms with van der Waals surface area (Å²) in [6.45, 7) is 7.40. The maximum absolute atomic E-state index is 9.19. The summed E-state index contributed by atoms with van der Waals surface area (Å²) in [6, 6.07) is 0.652. The number of hydrogen-bond donors (Lipinski definition) is 2. The van der Waals surface area contributed by atoms with Crippen molar-refractivity contribution in [3.8, 4) is 0 Å². The van der Waals surface area contributed by atoms with E-state index in [2.05, 4.69) is 26.1 Å². The first kappa shape index (κ1) is 15.2. The Morgan fingerprint density at radius 3 is 2.27 bits per heavy atom. The molecule has 0 amide bonds. The minimum atomic E-state index is 0.215. The zero-order chi connectivity index (χ0) is 11.8. The van der Waals surface area contributed by atoms with Crippen LogP contribution in [-0.2, 0) is 4.74 Å². The summed E-state index contributed by atoms with van der Waals surface area (Å²) in [6.07, 6.45) is 2.03. The summed E-state index contributed by atoms with van der Waals surface area (Å²) in [4.78, 5) is 0. The van der Waals surface area contributed by atoms with Crippen LogP contribution in [-0.4, -0.2) is 49.0 Å². The third-order valence-electron chi connectivity index (χ3n) is 2.67. The van der Waals surface area contributed by atoms with E-state index in [0.29, 0.717) is 24.6 Å². The molecule has 0 heterocycles. The molecule has 0 rings (SSSR count). The lowest BCUT2D eigenvalue weighted by atomic mass is 10.0. The molecule has 0 aromatic rings. The molecule has 2 N–H and O–H groups in total. The van der Waals surface area contributed by atoms with Crippen LogP contribution >= 0.6 is 11.8 Å². The fraction of sp³-hybridized carbons (Fsp3) is 1.00. The zero-order valence-corrected chi connectivity index (χ0v) is 11.3. The van der Waals surface area contributed by atoms with Crippen LogP contribution in [0.25, 0.3) is 0 Å². The molecular formula is C11H25NO2S. The van der Waals surface area contributed by atoms with Gasteiger partial charge in [0.25, 0.3) is 0 Å². The molecule has 0 saturated heterocycles. The van der Waals surface area contributed by atoms with Crippen LogP contribution in [0.3, 0.4) is 0 Å². The molecule has 0 bridgehead atoms. The van der Waals surface area contributed by atoms with Crippen molar-refractivity contribution in [2.75, 3.05) is 26.6 Å². The van der Waals surface area contributed by atoms with Gasteiger partial charge in [-0.2, -0.15) is 11.8 Å². The van der Waals surface area contributed by atoms with Gasteiger partial charge < -0.3 is 15.2 Å². The van der Waals surface area contributed by atoms with Gasteiger partial charge in [0.2, 0.25) is 0 Å². The molecule has 0 aliphatic heterocycles. The van der Waals surface area contributed by atoms with Gasteiger partial charge in [0.05, 0.1) is 13.2 Å². The second-order valence-electron chi connectivity index (χ2n) is 4.22. The molecule has 3 unspecified atom stereocenters. The predicted octanol–water partition coefficient (Wildman–Crippen LogP) is 1.36. The summed E-state index contributed by atoms with van der Waals surface area (Å²) < 4.78 is 5.18. The standard InChI is InChI=1S/C11H25NO2S/c1-8(2)10(7-14-4)12-9(3)11(6-13)15-5/h8-13H,6-7H2,1-5H3. The first-order valence-corrected chi connectivity index (χ1v) is 6.74. The molecule has 0 aromatic heterocycles. The van der Waals surface area contributed by atoms with E-state index in [1.807, 2.05) is 6.26 Å². The van der Waals surface area contributed by atoms with E-state index in [4.69, 9.17) is 4.74 Å². The molecule has 3 atom stereocenters. The zero-order valence-electron chi connectivity index (χ0n) is 10.5. The molecule has 3 nitrogen and oxygen atoms in total. The van der Waals surface area contributed by atoms with E-state index in [-0.39, 0.29) is 11.9 Å². The summed E-state index contributed by atoms with van der Waals surface area (Å²) >= 11 is 1.70. The third kappa shape index (κ3) is 5.76. The lowest BCUT2D eigenvalue weighted by molar-refractivity contribution is 0.138. The van der Waals surface area contributed by atoms with Gasteiger partial charge >= 0.3 is 0 Å². The Morgan fingerprint density at radius 1 is 1.33 bits per heavy atom. The van der Waals surface area contributed by atoms with Crippen LogP contribution in [0.4, 0.5) is 0 Å². The number of aliphatic hydroxyl groups is 1. The average Bonchev–Trinajstić information content (AvgIpc) is 2.18. The molecule has 0 fully saturated rings. The van der Waals surface area contributed by atoms with Crippen molar-refractivity contribution < 1.29 is 9.84 Å². The number of rotatable bonds is 8. The highest BCUT2D eigenvalue weighted by Gasteiger charge is 2.20. The highest BCUT2D eigenvalue weighted by molar-refractivity contribution is 7.99. The molecule has 4 heteroatoms. The lowest BCUT2D eigenvalue weighted by Crippen LogP contribution is -2.47. The van der Waals surface area contributed by atoms with Gasteiger partial charge in [-0.15, -0.1) is 0 Å². The van der Waals surface area contributed by atoms with Crippen molar-refractivity contribution in [2.24, 2.45) is 5.92 Å². The number of aliphatic hydroxyl groups excluding tert-OH is 1. The summed E-state index contributed by atoms with van der Waals surface area (Å²) in [5.74, 6) is 0.536. The topological polar surface area (TPSA) is 41.5 Å². The molecule has 92 valence electrons. The molecule has 0 aliphatic rings. The molecular weight excluding hydrogens is 210 g/mol. The van der Waals surface area contributed by atoms with Gasteiger partial charge in [-0.3, -0.25) is 0 Å². The van der Waals surface area contributed by atoms with Gasteiger partial charge in [0, 0.05) is 24.4 Å². The molecule has 0 radical (unpaired) electrons. The Hall–Kier alpha value is 0.230. The number of hydrogen-bond acceptors (Lipinski definition) is 4. The Balaban J connectivity index is 4.13. The Bertz CT molecular complexity index is 152. The summed E-state index contributed by atoms with van der Waals surface area (Å²) in [7, 11) is 1.72. The normalized spacial score (nSPS) is 17.8. The maximum Gasteiger partial charge on any atom is 0.0618 e. The van der Waals surface area contributed by atoms with E-state index >= 15 is 0 Å². The molecule has 0 spiro atoms. The molecule has 0 saturated carbocycles. The van der Waals surface area contributed by atoms with Crippen molar-refractivity contribution in [3.05, 3.63) is 0 Å². The smallest absolute Gasteiger partial charge is 0.0618 e. The van der Waals surface area contributed by atoms with E-state index in [1.165, 1.54) is 0 Å². The van der Waals surface area contributed by atoms with Crippen molar-refractivity contribution in [1.29, 1.82) is 0 Å². The third-order valence-corrected chi connectivity index (χ3v) is 3.83. The van der Waals surface area contributed by atoms with E-state index < -0.39 is 0 Å². The first-order valence-electron chi connectivity index (χ1n) is 5.45. The maximum atomic E-state index is 9.19. The highest BCUT2D eigenvalue weighted by Crippen LogP contribution is 2.12. The monoisotopic (exact) mass is 235 g/mol. The van der Waals surface area contributed by atoms with Crippen molar-refractivity contribution >= 4 is 11.8 Å². The Kier molecular flexibility index (Phi) is 8.52. The van der Waals surface area contributed by atoms with E-state index in [9.17, 15) is 5.11 Å². The SMILES string of the molecule is COCC(NC(C)C(CO)SC)C(C)C. The summed E-state index contributed by atoms with van der Waals surface area (Å²) in [5.41, 5.74) is 0. The first-order chi connectivity index (χ1) is 7.06. The second-order valence-corrected chi connectivity index (χ2v) is 5.29. The van der Waals surface area contributed by atoms with Crippen molar-refractivity contribution in [1.82, 2.24) is 5.32 Å². The van der Waals surface area contributed by atoms with Gasteiger partial charge in [-0.1, -0.05) is 13.8 Å². The van der Waals surface area contributed by atoms with Crippen molar-refractivity contribution in [2.45, 2.75) is 38.1 Å². The predicted molar refractivity (Wildman–Crippen MR) is 67.5 cm³/mol. The van der Waals surface area contributed by atoms with Gasteiger partial charge in [-0.25, -0.2) is 0 Å². The number of nitrogens with one attached hydrogen (secondary N) is 1. The summed E-state index contributed by atoms with van der Waals surface area (Å²) in [5, 5.41) is 13.0. The lowest BCUT2D eigenvalue weighted by Gasteiger charge is -2.29. The Morgan fingerprint density at radius 2 is 1.93 bits per heavy atom. The van der Waals surface area contributed by atoms with Gasteiger partial charge in [0.1, 0.15) is 0 Å². The van der Waals surface area contributed by atoms with Crippen LogP contribution in [0.15, 0.2) is 0 Å². The highest BCUT2D eigenvalue weighted by atomic mass is 32.2. The molecule has 0 aromatic carbocycles. The number of methoxy groups -OCH3 is 1. The minimum absolute atomic E-state index is 0.215. The van der Waals surface area contributed by atoms with Crippen LogP contribution in [0.2, 0.25) is 0 Å². The van der Waals surface area contributed by atoms with Crippen LogP contribution in [0.5, 0.6) is 0 Å². The quantitative estimate of drug-likeness (QED) is 0.666. The van der Waals surface area contributed by atoms with Crippen LogP contribution in [0, 0.1) is 5.92 Å². The van der Waals surface area contributed by atoms with E-state index in [0.717, 1.165) is 0 Å². The van der Waals surface area contributed by atoms with Crippen LogP contribution in [0.1, 0.15) is 20.8 Å². The average molecular weight is 235 g/mol. The van der Waals surface area contributed by atoms with Gasteiger partial charge in [0.15, 0.2) is 0 Å². The van der Waals surface area contributed by atoms with Crippen LogP contribution < -0.4 is 5.32 Å².